The van der Waals surface area contributed by atoms with Gasteiger partial charge in [0.25, 0.3) is 0 Å². The molecule has 0 aromatic carbocycles. The van der Waals surface area contributed by atoms with Gasteiger partial charge >= 0.3 is 5.97 Å². The van der Waals surface area contributed by atoms with E-state index in [9.17, 15) is 9.59 Å². The van der Waals surface area contributed by atoms with Crippen LogP contribution in [0.3, 0.4) is 0 Å². The minimum absolute atomic E-state index is 0.101. The maximum atomic E-state index is 12.0. The molecule has 116 valence electrons. The third-order valence-corrected chi connectivity index (χ3v) is 3.97. The van der Waals surface area contributed by atoms with Gasteiger partial charge in [0, 0.05) is 37.3 Å². The maximum Gasteiger partial charge on any atom is 0.305 e. The van der Waals surface area contributed by atoms with Crippen LogP contribution in [0.25, 0.3) is 0 Å². The zero-order chi connectivity index (χ0) is 15.1. The summed E-state index contributed by atoms with van der Waals surface area (Å²) >= 11 is 0. The Kier molecular flexibility index (Phi) is 6.03. The second-order valence-electron chi connectivity index (χ2n) is 5.68. The van der Waals surface area contributed by atoms with Crippen molar-refractivity contribution >= 4 is 11.8 Å². The van der Waals surface area contributed by atoms with E-state index in [4.69, 9.17) is 4.74 Å². The molecule has 0 bridgehead atoms. The minimum Gasteiger partial charge on any atom is -0.466 e. The Morgan fingerprint density at radius 1 is 1.19 bits per heavy atom. The number of carbonyl (C=O) groups excluding carboxylic acids is 2. The summed E-state index contributed by atoms with van der Waals surface area (Å²) in [5, 5.41) is 0. The van der Waals surface area contributed by atoms with E-state index in [2.05, 4.69) is 10.8 Å². The first-order valence-electron chi connectivity index (χ1n) is 8.08. The third-order valence-electron chi connectivity index (χ3n) is 3.97. The van der Waals surface area contributed by atoms with Gasteiger partial charge in [0.15, 0.2) is 5.78 Å². The summed E-state index contributed by atoms with van der Waals surface area (Å²) < 4.78 is 7.04. The highest BCUT2D eigenvalue weighted by atomic mass is 16.5. The van der Waals surface area contributed by atoms with Crippen molar-refractivity contribution in [2.45, 2.75) is 64.8 Å². The fourth-order valence-electron chi connectivity index (χ4n) is 2.84. The summed E-state index contributed by atoms with van der Waals surface area (Å²) in [6, 6.07) is 0. The van der Waals surface area contributed by atoms with Gasteiger partial charge in [-0.2, -0.15) is 0 Å². The van der Waals surface area contributed by atoms with Crippen molar-refractivity contribution in [2.75, 3.05) is 6.61 Å². The van der Waals surface area contributed by atoms with E-state index >= 15 is 0 Å². The SMILES string of the molecule is CCOC(=O)CCCCCn1cc2c(c1)C(=O)CCCC2. The van der Waals surface area contributed by atoms with Crippen LogP contribution in [-0.4, -0.2) is 22.9 Å². The smallest absolute Gasteiger partial charge is 0.305 e. The Labute approximate surface area is 126 Å². The van der Waals surface area contributed by atoms with E-state index < -0.39 is 0 Å². The molecule has 1 aromatic heterocycles. The number of unbranched alkanes of at least 4 members (excludes halogenated alkanes) is 2. The number of hydrogen-bond donors (Lipinski definition) is 0. The number of aromatic nitrogens is 1. The van der Waals surface area contributed by atoms with Gasteiger partial charge in [-0.1, -0.05) is 6.42 Å². The molecule has 2 rings (SSSR count). The van der Waals surface area contributed by atoms with Crippen molar-refractivity contribution in [3.05, 3.63) is 23.5 Å². The molecule has 1 aliphatic carbocycles. The van der Waals surface area contributed by atoms with Crippen LogP contribution in [-0.2, 0) is 22.5 Å². The molecule has 1 aliphatic rings. The number of hydrogen-bond acceptors (Lipinski definition) is 3. The molecule has 0 unspecified atom stereocenters. The largest absolute Gasteiger partial charge is 0.466 e. The highest BCUT2D eigenvalue weighted by molar-refractivity contribution is 5.97. The lowest BCUT2D eigenvalue weighted by Gasteiger charge is -2.04. The molecule has 0 saturated heterocycles. The van der Waals surface area contributed by atoms with E-state index in [0.29, 0.717) is 25.2 Å². The van der Waals surface area contributed by atoms with Crippen LogP contribution in [0.5, 0.6) is 0 Å². The standard InChI is InChI=1S/C17H25NO3/c1-2-21-17(20)10-4-3-7-11-18-12-14-8-5-6-9-16(19)15(14)13-18/h12-13H,2-11H2,1H3. The molecule has 4 heteroatoms. The Balaban J connectivity index is 1.73. The van der Waals surface area contributed by atoms with Crippen LogP contribution in [0.4, 0.5) is 0 Å². The van der Waals surface area contributed by atoms with Crippen molar-refractivity contribution in [1.82, 2.24) is 4.57 Å². The molecular formula is C17H25NO3. The Hall–Kier alpha value is -1.58. The lowest BCUT2D eigenvalue weighted by Crippen LogP contribution is -2.03. The number of fused-ring (bicyclic) bond motifs is 1. The van der Waals surface area contributed by atoms with E-state index in [0.717, 1.165) is 50.6 Å². The monoisotopic (exact) mass is 291 g/mol. The molecule has 21 heavy (non-hydrogen) atoms. The van der Waals surface area contributed by atoms with Gasteiger partial charge < -0.3 is 9.30 Å². The normalized spacial score (nSPS) is 14.6. The average molecular weight is 291 g/mol. The summed E-state index contributed by atoms with van der Waals surface area (Å²) in [5.41, 5.74) is 2.14. The van der Waals surface area contributed by atoms with E-state index in [1.165, 1.54) is 5.56 Å². The predicted octanol–water partition coefficient (Wildman–Crippen LogP) is 3.52. The molecule has 1 heterocycles. The first kappa shape index (κ1) is 15.8. The van der Waals surface area contributed by atoms with Crippen molar-refractivity contribution < 1.29 is 14.3 Å². The highest BCUT2D eigenvalue weighted by Gasteiger charge is 2.17. The maximum absolute atomic E-state index is 12.0. The number of rotatable bonds is 7. The zero-order valence-corrected chi connectivity index (χ0v) is 12.9. The molecule has 0 radical (unpaired) electrons. The van der Waals surface area contributed by atoms with Crippen molar-refractivity contribution in [3.63, 3.8) is 0 Å². The molecule has 0 atom stereocenters. The van der Waals surface area contributed by atoms with Crippen LogP contribution >= 0.6 is 0 Å². The first-order valence-corrected chi connectivity index (χ1v) is 8.08. The number of carbonyl (C=O) groups is 2. The van der Waals surface area contributed by atoms with Gasteiger partial charge in [-0.15, -0.1) is 0 Å². The summed E-state index contributed by atoms with van der Waals surface area (Å²) in [4.78, 5) is 23.2. The number of ketones is 1. The number of ether oxygens (including phenoxy) is 1. The fourth-order valence-corrected chi connectivity index (χ4v) is 2.84. The van der Waals surface area contributed by atoms with Gasteiger partial charge in [-0.05, 0) is 44.6 Å². The van der Waals surface area contributed by atoms with Crippen LogP contribution in [0, 0.1) is 0 Å². The molecular weight excluding hydrogens is 266 g/mol. The predicted molar refractivity (Wildman–Crippen MR) is 81.4 cm³/mol. The van der Waals surface area contributed by atoms with Crippen molar-refractivity contribution in [1.29, 1.82) is 0 Å². The Bertz CT molecular complexity index is 490. The van der Waals surface area contributed by atoms with Gasteiger partial charge in [0.1, 0.15) is 0 Å². The van der Waals surface area contributed by atoms with E-state index in [1.54, 1.807) is 0 Å². The summed E-state index contributed by atoms with van der Waals surface area (Å²) in [5.74, 6) is 0.194. The van der Waals surface area contributed by atoms with Gasteiger partial charge in [-0.25, -0.2) is 0 Å². The number of esters is 1. The number of aryl methyl sites for hydroxylation is 2. The lowest BCUT2D eigenvalue weighted by atomic mass is 10.1. The lowest BCUT2D eigenvalue weighted by molar-refractivity contribution is -0.143. The molecule has 0 spiro atoms. The van der Waals surface area contributed by atoms with Crippen LogP contribution in [0.15, 0.2) is 12.4 Å². The fraction of sp³-hybridized carbons (Fsp3) is 0.647. The second kappa shape index (κ2) is 8.01. The Morgan fingerprint density at radius 3 is 2.81 bits per heavy atom. The van der Waals surface area contributed by atoms with Gasteiger partial charge in [-0.3, -0.25) is 9.59 Å². The first-order chi connectivity index (χ1) is 10.2. The molecule has 4 nitrogen and oxygen atoms in total. The molecule has 0 amide bonds. The van der Waals surface area contributed by atoms with Gasteiger partial charge in [0.2, 0.25) is 0 Å². The van der Waals surface area contributed by atoms with Crippen molar-refractivity contribution in [2.24, 2.45) is 0 Å². The number of Topliss-reactive ketones (excluding diaryl/α,β-unsaturated/α-hetero) is 1. The van der Waals surface area contributed by atoms with Crippen LogP contribution < -0.4 is 0 Å². The second-order valence-corrected chi connectivity index (χ2v) is 5.68. The van der Waals surface area contributed by atoms with E-state index in [-0.39, 0.29) is 5.97 Å². The molecule has 0 N–H and O–H groups in total. The zero-order valence-electron chi connectivity index (χ0n) is 12.9. The topological polar surface area (TPSA) is 48.3 Å². The molecule has 0 aliphatic heterocycles. The van der Waals surface area contributed by atoms with E-state index in [1.807, 2.05) is 13.1 Å². The van der Waals surface area contributed by atoms with Crippen molar-refractivity contribution in [3.8, 4) is 0 Å². The average Bonchev–Trinajstić information content (AvgIpc) is 2.79. The van der Waals surface area contributed by atoms with Crippen LogP contribution in [0.1, 0.15) is 67.8 Å². The van der Waals surface area contributed by atoms with Gasteiger partial charge in [0.05, 0.1) is 6.61 Å². The highest BCUT2D eigenvalue weighted by Crippen LogP contribution is 2.21. The summed E-state index contributed by atoms with van der Waals surface area (Å²) in [7, 11) is 0. The molecule has 0 fully saturated rings. The summed E-state index contributed by atoms with van der Waals surface area (Å²) in [6.45, 7) is 3.21. The molecule has 0 saturated carbocycles. The molecule has 1 aromatic rings. The van der Waals surface area contributed by atoms with Crippen LogP contribution in [0.2, 0.25) is 0 Å². The Morgan fingerprint density at radius 2 is 2.00 bits per heavy atom. The summed E-state index contributed by atoms with van der Waals surface area (Å²) in [6.07, 6.45) is 11.4. The third kappa shape index (κ3) is 4.73. The number of nitrogens with zero attached hydrogens (tertiary/aromatic N) is 1. The quantitative estimate of drug-likeness (QED) is 0.439. The minimum atomic E-state index is -0.101.